The van der Waals surface area contributed by atoms with Gasteiger partial charge in [-0.25, -0.2) is 0 Å². The second kappa shape index (κ2) is 14.3. The highest BCUT2D eigenvalue weighted by Gasteiger charge is 2.16. The Labute approximate surface area is 247 Å². The van der Waals surface area contributed by atoms with Crippen LogP contribution in [0.25, 0.3) is 6.08 Å². The molecule has 4 rings (SSSR count). The SMILES string of the molecule is COc1ccccc1/C=C(/NC(=O)c1ccccc1)C(=O)Nc1cccc(SCC(=O)Nc2ccc(C(N)=O)cc2)c1. The number of carbonyl (C=O) groups excluding carboxylic acids is 4. The first-order chi connectivity index (χ1) is 20.3. The van der Waals surface area contributed by atoms with E-state index in [2.05, 4.69) is 16.0 Å². The number of carbonyl (C=O) groups is 4. The molecule has 0 bridgehead atoms. The van der Waals surface area contributed by atoms with Crippen LogP contribution in [0.5, 0.6) is 5.75 Å². The summed E-state index contributed by atoms with van der Waals surface area (Å²) in [5.41, 5.74) is 7.64. The number of hydrogen-bond donors (Lipinski definition) is 4. The molecule has 0 unspecified atom stereocenters. The summed E-state index contributed by atoms with van der Waals surface area (Å²) >= 11 is 1.28. The number of amides is 4. The lowest BCUT2D eigenvalue weighted by molar-refractivity contribution is -0.114. The van der Waals surface area contributed by atoms with E-state index >= 15 is 0 Å². The summed E-state index contributed by atoms with van der Waals surface area (Å²) in [4.78, 5) is 50.7. The second-order valence-corrected chi connectivity index (χ2v) is 9.93. The maximum atomic E-state index is 13.4. The summed E-state index contributed by atoms with van der Waals surface area (Å²) in [5.74, 6) is -1.11. The molecule has 0 saturated carbocycles. The smallest absolute Gasteiger partial charge is 0.272 e. The largest absolute Gasteiger partial charge is 0.496 e. The van der Waals surface area contributed by atoms with Gasteiger partial charge in [0.05, 0.1) is 12.9 Å². The van der Waals surface area contributed by atoms with Crippen LogP contribution in [0.15, 0.2) is 114 Å². The maximum Gasteiger partial charge on any atom is 0.272 e. The number of methoxy groups -OCH3 is 1. The standard InChI is InChI=1S/C32H28N4O5S/c1-41-28-13-6-5-10-23(28)18-27(36-31(39)22-8-3-2-4-9-22)32(40)35-25-11-7-12-26(19-25)42-20-29(37)34-24-16-14-21(15-17-24)30(33)38/h2-19H,20H2,1H3,(H2,33,38)(H,34,37)(H,35,40)(H,36,39)/b27-18+. The van der Waals surface area contributed by atoms with Crippen LogP contribution in [0.4, 0.5) is 11.4 Å². The van der Waals surface area contributed by atoms with Crippen molar-refractivity contribution in [3.05, 3.63) is 126 Å². The number of para-hydroxylation sites is 1. The number of rotatable bonds is 11. The van der Waals surface area contributed by atoms with Gasteiger partial charge in [-0.05, 0) is 66.7 Å². The Morgan fingerprint density at radius 1 is 0.786 bits per heavy atom. The lowest BCUT2D eigenvalue weighted by Gasteiger charge is -2.13. The Bertz CT molecular complexity index is 1620. The number of anilines is 2. The van der Waals surface area contributed by atoms with E-state index in [9.17, 15) is 19.2 Å². The molecule has 5 N–H and O–H groups in total. The minimum Gasteiger partial charge on any atom is -0.496 e. The van der Waals surface area contributed by atoms with Gasteiger partial charge in [-0.2, -0.15) is 0 Å². The van der Waals surface area contributed by atoms with Crippen molar-refractivity contribution >= 4 is 52.8 Å². The molecule has 4 amide bonds. The van der Waals surface area contributed by atoms with E-state index < -0.39 is 17.7 Å². The molecule has 9 nitrogen and oxygen atoms in total. The summed E-state index contributed by atoms with van der Waals surface area (Å²) in [6.45, 7) is 0. The second-order valence-electron chi connectivity index (χ2n) is 8.88. The lowest BCUT2D eigenvalue weighted by atomic mass is 10.1. The normalized spacial score (nSPS) is 10.8. The highest BCUT2D eigenvalue weighted by Crippen LogP contribution is 2.24. The first-order valence-electron chi connectivity index (χ1n) is 12.8. The van der Waals surface area contributed by atoms with Crippen LogP contribution in [0.3, 0.4) is 0 Å². The molecule has 0 aromatic heterocycles. The monoisotopic (exact) mass is 580 g/mol. The molecule has 0 heterocycles. The first-order valence-corrected chi connectivity index (χ1v) is 13.8. The van der Waals surface area contributed by atoms with Gasteiger partial charge in [-0.15, -0.1) is 11.8 Å². The Balaban J connectivity index is 1.45. The third kappa shape index (κ3) is 8.33. The minimum atomic E-state index is -0.545. The molecule has 212 valence electrons. The molecule has 0 aliphatic rings. The highest BCUT2D eigenvalue weighted by atomic mass is 32.2. The summed E-state index contributed by atoms with van der Waals surface area (Å²) in [6, 6.07) is 29.0. The Morgan fingerprint density at radius 3 is 2.21 bits per heavy atom. The molecule has 0 fully saturated rings. The zero-order chi connectivity index (χ0) is 29.9. The average molecular weight is 581 g/mol. The van der Waals surface area contributed by atoms with E-state index in [-0.39, 0.29) is 17.4 Å². The van der Waals surface area contributed by atoms with Crippen LogP contribution in [0, 0.1) is 0 Å². The van der Waals surface area contributed by atoms with Crippen LogP contribution in [0.2, 0.25) is 0 Å². The van der Waals surface area contributed by atoms with Gasteiger partial charge < -0.3 is 26.4 Å². The molecule has 42 heavy (non-hydrogen) atoms. The average Bonchev–Trinajstić information content (AvgIpc) is 3.00. The fourth-order valence-electron chi connectivity index (χ4n) is 3.81. The molecule has 4 aromatic carbocycles. The van der Waals surface area contributed by atoms with Crippen LogP contribution < -0.4 is 26.4 Å². The van der Waals surface area contributed by atoms with E-state index in [1.54, 1.807) is 84.9 Å². The summed E-state index contributed by atoms with van der Waals surface area (Å²) in [6.07, 6.45) is 1.55. The zero-order valence-electron chi connectivity index (χ0n) is 22.6. The first kappa shape index (κ1) is 29.6. The molecule has 4 aromatic rings. The minimum absolute atomic E-state index is 0.0214. The van der Waals surface area contributed by atoms with Crippen molar-refractivity contribution in [2.24, 2.45) is 5.73 Å². The molecule has 0 radical (unpaired) electrons. The Morgan fingerprint density at radius 2 is 1.50 bits per heavy atom. The van der Waals surface area contributed by atoms with Crippen molar-refractivity contribution < 1.29 is 23.9 Å². The number of hydrogen-bond acceptors (Lipinski definition) is 6. The zero-order valence-corrected chi connectivity index (χ0v) is 23.4. The summed E-state index contributed by atoms with van der Waals surface area (Å²) < 4.78 is 5.40. The molecule has 0 aliphatic carbocycles. The lowest BCUT2D eigenvalue weighted by Crippen LogP contribution is -2.30. The number of thioether (sulfide) groups is 1. The van der Waals surface area contributed by atoms with Gasteiger partial charge >= 0.3 is 0 Å². The topological polar surface area (TPSA) is 140 Å². The predicted molar refractivity (Wildman–Crippen MR) is 164 cm³/mol. The van der Waals surface area contributed by atoms with Gasteiger partial charge in [0, 0.05) is 33.0 Å². The predicted octanol–water partition coefficient (Wildman–Crippen LogP) is 4.93. The van der Waals surface area contributed by atoms with Crippen molar-refractivity contribution in [1.82, 2.24) is 5.32 Å². The van der Waals surface area contributed by atoms with Gasteiger partial charge in [0.1, 0.15) is 11.4 Å². The van der Waals surface area contributed by atoms with E-state index in [4.69, 9.17) is 10.5 Å². The fourth-order valence-corrected chi connectivity index (χ4v) is 4.56. The van der Waals surface area contributed by atoms with Crippen LogP contribution in [-0.2, 0) is 9.59 Å². The Kier molecular flexibility index (Phi) is 10.1. The molecule has 0 spiro atoms. The number of nitrogens with one attached hydrogen (secondary N) is 3. The van der Waals surface area contributed by atoms with Gasteiger partial charge in [0.15, 0.2) is 0 Å². The van der Waals surface area contributed by atoms with Gasteiger partial charge in [-0.3, -0.25) is 19.2 Å². The fraction of sp³-hybridized carbons (Fsp3) is 0.0625. The van der Waals surface area contributed by atoms with Crippen molar-refractivity contribution in [3.8, 4) is 5.75 Å². The quantitative estimate of drug-likeness (QED) is 0.146. The van der Waals surface area contributed by atoms with Gasteiger partial charge in [0.2, 0.25) is 11.8 Å². The van der Waals surface area contributed by atoms with Gasteiger partial charge in [0.25, 0.3) is 11.8 Å². The van der Waals surface area contributed by atoms with Crippen molar-refractivity contribution in [1.29, 1.82) is 0 Å². The summed E-state index contributed by atoms with van der Waals surface area (Å²) in [7, 11) is 1.53. The molecular formula is C32H28N4O5S. The molecule has 0 atom stereocenters. The molecule has 0 saturated heterocycles. The number of nitrogens with two attached hydrogens (primary N) is 1. The van der Waals surface area contributed by atoms with Crippen LogP contribution in [-0.4, -0.2) is 36.5 Å². The van der Waals surface area contributed by atoms with Crippen LogP contribution >= 0.6 is 11.8 Å². The van der Waals surface area contributed by atoms with Crippen molar-refractivity contribution in [2.45, 2.75) is 4.90 Å². The molecule has 0 aliphatic heterocycles. The third-order valence-corrected chi connectivity index (χ3v) is 6.88. The Hall–Kier alpha value is -5.35. The van der Waals surface area contributed by atoms with Crippen molar-refractivity contribution in [3.63, 3.8) is 0 Å². The van der Waals surface area contributed by atoms with E-state index in [1.165, 1.54) is 31.0 Å². The maximum absolute atomic E-state index is 13.4. The summed E-state index contributed by atoms with van der Waals surface area (Å²) in [5, 5.41) is 8.30. The third-order valence-electron chi connectivity index (χ3n) is 5.88. The number of primary amides is 1. The van der Waals surface area contributed by atoms with E-state index in [0.29, 0.717) is 33.8 Å². The van der Waals surface area contributed by atoms with E-state index in [1.807, 2.05) is 12.1 Å². The molecular weight excluding hydrogens is 552 g/mol. The number of ether oxygens (including phenoxy) is 1. The van der Waals surface area contributed by atoms with Crippen molar-refractivity contribution in [2.75, 3.05) is 23.5 Å². The molecule has 10 heteroatoms. The highest BCUT2D eigenvalue weighted by molar-refractivity contribution is 8.00. The van der Waals surface area contributed by atoms with Crippen LogP contribution in [0.1, 0.15) is 26.3 Å². The number of benzene rings is 4. The van der Waals surface area contributed by atoms with E-state index in [0.717, 1.165) is 4.90 Å². The van der Waals surface area contributed by atoms with Gasteiger partial charge in [-0.1, -0.05) is 42.5 Å².